The van der Waals surface area contributed by atoms with E-state index in [4.69, 9.17) is 21.0 Å². The molecule has 1 aromatic carbocycles. The van der Waals surface area contributed by atoms with Crippen molar-refractivity contribution >= 4 is 5.97 Å². The first kappa shape index (κ1) is 21.4. The van der Waals surface area contributed by atoms with Crippen LogP contribution in [0.1, 0.15) is 38.4 Å². The summed E-state index contributed by atoms with van der Waals surface area (Å²) in [5.41, 5.74) is 3.71. The molecule has 0 unspecified atom stereocenters. The fraction of sp³-hybridized carbons (Fsp3) is 0.400. The van der Waals surface area contributed by atoms with Crippen molar-refractivity contribution in [3.05, 3.63) is 59.7 Å². The fourth-order valence-electron chi connectivity index (χ4n) is 5.35. The van der Waals surface area contributed by atoms with Crippen molar-refractivity contribution < 1.29 is 13.9 Å². The van der Waals surface area contributed by atoms with Gasteiger partial charge in [0.05, 0.1) is 23.9 Å². The first-order valence-electron chi connectivity index (χ1n) is 11.4. The summed E-state index contributed by atoms with van der Waals surface area (Å²) in [4.78, 5) is 17.2. The van der Waals surface area contributed by atoms with E-state index >= 15 is 0 Å². The highest BCUT2D eigenvalue weighted by molar-refractivity contribution is 5.79. The molecule has 7 nitrogen and oxygen atoms in total. The lowest BCUT2D eigenvalue weighted by atomic mass is 9.69. The van der Waals surface area contributed by atoms with Gasteiger partial charge in [-0.05, 0) is 74.4 Å². The second kappa shape index (κ2) is 8.17. The quantitative estimate of drug-likeness (QED) is 0.469. The monoisotopic (exact) mass is 449 g/mol. The number of pyridine rings is 1. The minimum Gasteiger partial charge on any atom is -0.466 e. The number of imidazole rings is 1. The predicted molar refractivity (Wildman–Crippen MR) is 122 cm³/mol. The molecule has 8 heteroatoms. The van der Waals surface area contributed by atoms with Crippen molar-refractivity contribution in [2.45, 2.75) is 45.6 Å². The van der Waals surface area contributed by atoms with Gasteiger partial charge in [0, 0.05) is 30.3 Å². The average Bonchev–Trinajstić information content (AvgIpc) is 3.31. The lowest BCUT2D eigenvalue weighted by Crippen LogP contribution is -2.32. The van der Waals surface area contributed by atoms with Gasteiger partial charge in [-0.3, -0.25) is 14.9 Å². The van der Waals surface area contributed by atoms with Gasteiger partial charge >= 0.3 is 5.97 Å². The normalized spacial score (nSPS) is 21.8. The molecule has 5 rings (SSSR count). The summed E-state index contributed by atoms with van der Waals surface area (Å²) < 4.78 is 22.3. The third-order valence-electron chi connectivity index (χ3n) is 7.11. The fourth-order valence-corrected chi connectivity index (χ4v) is 5.35. The van der Waals surface area contributed by atoms with Crippen LogP contribution in [0.5, 0.6) is 0 Å². The van der Waals surface area contributed by atoms with E-state index in [1.807, 2.05) is 13.0 Å². The van der Waals surface area contributed by atoms with E-state index in [0.717, 1.165) is 67.0 Å². The summed E-state index contributed by atoms with van der Waals surface area (Å²) >= 11 is 0. The molecule has 2 aliphatic rings. The highest BCUT2D eigenvalue weighted by Crippen LogP contribution is 2.49. The molecule has 0 saturated heterocycles. The number of ether oxygens (including phenoxy) is 1. The van der Waals surface area contributed by atoms with E-state index in [9.17, 15) is 9.18 Å². The number of nitrogen functional groups attached to an aromatic ring is 1. The zero-order valence-corrected chi connectivity index (χ0v) is 18.7. The van der Waals surface area contributed by atoms with Crippen LogP contribution < -0.4 is 11.3 Å². The van der Waals surface area contributed by atoms with E-state index in [2.05, 4.69) is 4.57 Å². The number of aromatic nitrogens is 3. The van der Waals surface area contributed by atoms with Gasteiger partial charge in [-0.1, -0.05) is 0 Å². The number of nitrogens with zero attached hydrogens (tertiary/aromatic N) is 3. The number of carbonyl (C=O) groups excluding carboxylic acids is 1. The largest absolute Gasteiger partial charge is 0.466 e. The number of nitrogens with two attached hydrogens (primary N) is 1. The number of rotatable bonds is 4. The van der Waals surface area contributed by atoms with Crippen LogP contribution in [0.2, 0.25) is 0 Å². The maximum absolute atomic E-state index is 13.6. The van der Waals surface area contributed by atoms with E-state index in [-0.39, 0.29) is 28.6 Å². The molecule has 2 aromatic heterocycles. The number of benzene rings is 1. The van der Waals surface area contributed by atoms with E-state index in [1.165, 1.54) is 16.8 Å². The third-order valence-corrected chi connectivity index (χ3v) is 7.11. The lowest BCUT2D eigenvalue weighted by molar-refractivity contribution is -0.150. The molecule has 33 heavy (non-hydrogen) atoms. The Balaban J connectivity index is 1.51. The van der Waals surface area contributed by atoms with Crippen molar-refractivity contribution in [1.29, 1.82) is 5.41 Å². The topological polar surface area (TPSA) is 98.9 Å². The average molecular weight is 450 g/mol. The molecule has 1 saturated carbocycles. The molecule has 1 aliphatic carbocycles. The summed E-state index contributed by atoms with van der Waals surface area (Å²) in [6.07, 6.45) is 6.15. The van der Waals surface area contributed by atoms with E-state index in [0.29, 0.717) is 6.61 Å². The molecule has 172 valence electrons. The Morgan fingerprint density at radius 3 is 2.58 bits per heavy atom. The van der Waals surface area contributed by atoms with Crippen molar-refractivity contribution in [2.24, 2.45) is 11.3 Å². The standard InChI is InChI=1S/C25H28FN5O2/c1-2-33-24(32)17-9-11-25(12-10-17)13-21-29-22(16-3-6-19(26)7-4-16)23(30(21)15-25)18-5-8-20(27)31(28)14-18/h3-8,14,17,27H,2,9-13,15,28H2,1H3. The molecule has 0 radical (unpaired) electrons. The van der Waals surface area contributed by atoms with Gasteiger partial charge in [0.25, 0.3) is 0 Å². The van der Waals surface area contributed by atoms with Crippen LogP contribution in [0, 0.1) is 22.6 Å². The van der Waals surface area contributed by atoms with Crippen LogP contribution >= 0.6 is 0 Å². The molecule has 0 amide bonds. The van der Waals surface area contributed by atoms with E-state index < -0.39 is 0 Å². The van der Waals surface area contributed by atoms with Gasteiger partial charge < -0.3 is 15.1 Å². The van der Waals surface area contributed by atoms with Crippen molar-refractivity contribution in [1.82, 2.24) is 14.2 Å². The Bertz CT molecular complexity index is 1250. The van der Waals surface area contributed by atoms with Crippen molar-refractivity contribution in [3.8, 4) is 22.5 Å². The summed E-state index contributed by atoms with van der Waals surface area (Å²) in [7, 11) is 0. The lowest BCUT2D eigenvalue weighted by Gasteiger charge is -2.36. The zero-order chi connectivity index (χ0) is 23.2. The van der Waals surface area contributed by atoms with Crippen LogP contribution in [0.3, 0.4) is 0 Å². The number of fused-ring (bicyclic) bond motifs is 1. The highest BCUT2D eigenvalue weighted by atomic mass is 19.1. The summed E-state index contributed by atoms with van der Waals surface area (Å²) in [6, 6.07) is 9.92. The number of hydrogen-bond donors (Lipinski definition) is 2. The number of esters is 1. The van der Waals surface area contributed by atoms with Crippen molar-refractivity contribution in [3.63, 3.8) is 0 Å². The van der Waals surface area contributed by atoms with Gasteiger partial charge in [-0.15, -0.1) is 0 Å². The molecule has 1 aliphatic heterocycles. The van der Waals surface area contributed by atoms with Gasteiger partial charge in [0.1, 0.15) is 17.1 Å². The van der Waals surface area contributed by atoms with E-state index in [1.54, 1.807) is 24.4 Å². The SMILES string of the molecule is CCOC(=O)C1CCC2(CC1)Cc1nc(-c3ccc(F)cc3)c(-c3ccc(=N)n(N)c3)n1C2. The summed E-state index contributed by atoms with van der Waals surface area (Å²) in [5, 5.41) is 7.91. The first-order valence-corrected chi connectivity index (χ1v) is 11.4. The molecule has 0 atom stereocenters. The summed E-state index contributed by atoms with van der Waals surface area (Å²) in [6.45, 7) is 3.08. The van der Waals surface area contributed by atoms with Crippen LogP contribution in [0.25, 0.3) is 22.5 Å². The number of hydrogen-bond acceptors (Lipinski definition) is 5. The van der Waals surface area contributed by atoms with Crippen LogP contribution in [0.4, 0.5) is 4.39 Å². The smallest absolute Gasteiger partial charge is 0.308 e. The minimum absolute atomic E-state index is 0.0152. The van der Waals surface area contributed by atoms with Crippen LogP contribution in [0.15, 0.2) is 42.6 Å². The van der Waals surface area contributed by atoms with Crippen molar-refractivity contribution in [2.75, 3.05) is 12.4 Å². The molecule has 0 bridgehead atoms. The molecule has 3 N–H and O–H groups in total. The minimum atomic E-state index is -0.289. The van der Waals surface area contributed by atoms with Gasteiger partial charge in [0.2, 0.25) is 0 Å². The van der Waals surface area contributed by atoms with Gasteiger partial charge in [0.15, 0.2) is 0 Å². The Hall–Kier alpha value is -3.42. The molecular formula is C25H28FN5O2. The van der Waals surface area contributed by atoms with Crippen LogP contribution in [-0.4, -0.2) is 26.8 Å². The maximum Gasteiger partial charge on any atom is 0.308 e. The Kier molecular flexibility index (Phi) is 5.31. The van der Waals surface area contributed by atoms with Crippen LogP contribution in [-0.2, 0) is 22.5 Å². The molecule has 1 fully saturated rings. The predicted octanol–water partition coefficient (Wildman–Crippen LogP) is 3.65. The zero-order valence-electron chi connectivity index (χ0n) is 18.7. The Morgan fingerprint density at radius 2 is 1.91 bits per heavy atom. The number of carbonyl (C=O) groups is 1. The Morgan fingerprint density at radius 1 is 1.21 bits per heavy atom. The van der Waals surface area contributed by atoms with Gasteiger partial charge in [-0.25, -0.2) is 9.37 Å². The second-order valence-electron chi connectivity index (χ2n) is 9.23. The first-order chi connectivity index (χ1) is 15.9. The molecule has 1 spiro atoms. The number of halogens is 1. The van der Waals surface area contributed by atoms with Gasteiger partial charge in [-0.2, -0.15) is 0 Å². The molecule has 3 heterocycles. The summed E-state index contributed by atoms with van der Waals surface area (Å²) in [5.74, 6) is 6.61. The second-order valence-corrected chi connectivity index (χ2v) is 9.23. The highest BCUT2D eigenvalue weighted by Gasteiger charge is 2.44. The number of nitrogens with one attached hydrogen (secondary N) is 1. The maximum atomic E-state index is 13.6. The molecule has 3 aromatic rings. The molecular weight excluding hydrogens is 421 g/mol. The third kappa shape index (κ3) is 3.83. The Labute approximate surface area is 191 Å².